The van der Waals surface area contributed by atoms with Gasteiger partial charge in [0.1, 0.15) is 0 Å². The Morgan fingerprint density at radius 1 is 0.708 bits per heavy atom. The molecule has 2 rings (SSSR count). The van der Waals surface area contributed by atoms with Crippen LogP contribution in [0.2, 0.25) is 50.9 Å². The summed E-state index contributed by atoms with van der Waals surface area (Å²) in [6.45, 7) is 16.0. The van der Waals surface area contributed by atoms with Crippen LogP contribution in [0.25, 0.3) is 0 Å². The third kappa shape index (κ3) is 6.25. The molecule has 2 fully saturated rings. The summed E-state index contributed by atoms with van der Waals surface area (Å²) in [5.74, 6) is 1.75. The molecule has 0 N–H and O–H groups in total. The third-order valence-electron chi connectivity index (χ3n) is 6.28. The lowest BCUT2D eigenvalue weighted by Gasteiger charge is -2.41. The zero-order valence-corrected chi connectivity index (χ0v) is 20.3. The minimum absolute atomic E-state index is 0.596. The second kappa shape index (κ2) is 9.20. The van der Waals surface area contributed by atoms with Gasteiger partial charge in [0.25, 0.3) is 0 Å². The lowest BCUT2D eigenvalue weighted by molar-refractivity contribution is 0.420. The van der Waals surface area contributed by atoms with E-state index in [2.05, 4.69) is 39.3 Å². The molecule has 5 heteroatoms. The van der Waals surface area contributed by atoms with Crippen molar-refractivity contribution in [3.63, 3.8) is 0 Å². The highest BCUT2D eigenvalue weighted by Crippen LogP contribution is 2.46. The van der Waals surface area contributed by atoms with Crippen LogP contribution in [-0.2, 0) is 4.44 Å². The van der Waals surface area contributed by atoms with Crippen molar-refractivity contribution >= 4 is 31.9 Å². The summed E-state index contributed by atoms with van der Waals surface area (Å²) in [4.78, 5) is 0.916. The molecule has 0 aromatic rings. The minimum atomic E-state index is -1.14. The minimum Gasteiger partial charge on any atom is -0.416 e. The van der Waals surface area contributed by atoms with Crippen LogP contribution in [-0.4, -0.2) is 28.0 Å². The van der Waals surface area contributed by atoms with Gasteiger partial charge in [-0.3, -0.25) is 0 Å². The Morgan fingerprint density at radius 2 is 1.08 bits per heavy atom. The van der Waals surface area contributed by atoms with Crippen LogP contribution in [0.1, 0.15) is 64.2 Å². The summed E-state index contributed by atoms with van der Waals surface area (Å²) in [6, 6.07) is 0. The second-order valence-corrected chi connectivity index (χ2v) is 24.1. The fourth-order valence-electron chi connectivity index (χ4n) is 5.30. The van der Waals surface area contributed by atoms with Crippen molar-refractivity contribution in [2.45, 2.75) is 120 Å². The van der Waals surface area contributed by atoms with Crippen LogP contribution in [0, 0.1) is 0 Å². The van der Waals surface area contributed by atoms with Crippen LogP contribution in [0.4, 0.5) is 0 Å². The first-order valence-electron chi connectivity index (χ1n) is 10.6. The van der Waals surface area contributed by atoms with Crippen molar-refractivity contribution in [2.75, 3.05) is 0 Å². The van der Waals surface area contributed by atoms with Crippen molar-refractivity contribution in [2.24, 2.45) is 0 Å². The highest BCUT2D eigenvalue weighted by atomic mass is 31.1. The molecule has 1 nitrogen and oxygen atoms in total. The summed E-state index contributed by atoms with van der Waals surface area (Å²) in [5.41, 5.74) is 0. The van der Waals surface area contributed by atoms with Gasteiger partial charge in [0.05, 0.1) is 16.1 Å². The molecule has 24 heavy (non-hydrogen) atoms. The van der Waals surface area contributed by atoms with E-state index in [0.717, 1.165) is 25.3 Å². The van der Waals surface area contributed by atoms with E-state index >= 15 is 0 Å². The summed E-state index contributed by atoms with van der Waals surface area (Å²) < 4.78 is 6.93. The summed E-state index contributed by atoms with van der Waals surface area (Å²) in [7, 11) is -1.50. The third-order valence-corrected chi connectivity index (χ3v) is 21.5. The van der Waals surface area contributed by atoms with Crippen LogP contribution in [0.3, 0.4) is 0 Å². The predicted octanol–water partition coefficient (Wildman–Crippen LogP) is 7.38. The molecule has 0 aliphatic heterocycles. The molecule has 0 heterocycles. The Hall–Kier alpha value is 0.889. The standard InChI is InChI=1S/C19H42BOPSi2/c1-23(2,3)19(24(4,5)6)22-21-20(17-13-9-7-10-14-17)18-15-11-8-12-16-18/h17-19,22H,7-16H2,1-6H3. The fraction of sp³-hybridized carbons (Fsp3) is 1.00. The van der Waals surface area contributed by atoms with E-state index in [-0.39, 0.29) is 0 Å². The van der Waals surface area contributed by atoms with Gasteiger partial charge in [-0.2, -0.15) is 0 Å². The fourth-order valence-corrected chi connectivity index (χ4v) is 19.6. The second-order valence-electron chi connectivity index (χ2n) is 10.7. The molecule has 0 amide bonds. The van der Waals surface area contributed by atoms with E-state index in [9.17, 15) is 0 Å². The Balaban J connectivity index is 2.05. The molecule has 0 aromatic carbocycles. The zero-order chi connectivity index (χ0) is 17.8. The van der Waals surface area contributed by atoms with Crippen molar-refractivity contribution in [1.82, 2.24) is 0 Å². The maximum absolute atomic E-state index is 6.93. The van der Waals surface area contributed by atoms with E-state index in [0.29, 0.717) is 6.92 Å². The van der Waals surface area contributed by atoms with Crippen LogP contribution in [0.5, 0.6) is 0 Å². The summed E-state index contributed by atoms with van der Waals surface area (Å²) in [6.07, 6.45) is 14.5. The molecular formula is C19H42BOPSi2. The monoisotopic (exact) mass is 384 g/mol. The lowest BCUT2D eigenvalue weighted by atomic mass is 9.42. The summed E-state index contributed by atoms with van der Waals surface area (Å²) >= 11 is 0. The van der Waals surface area contributed by atoms with Crippen molar-refractivity contribution in [1.29, 1.82) is 0 Å². The highest BCUT2D eigenvalue weighted by Gasteiger charge is 2.41. The largest absolute Gasteiger partial charge is 0.416 e. The molecule has 140 valence electrons. The van der Waals surface area contributed by atoms with E-state index in [1.807, 2.05) is 0 Å². The van der Waals surface area contributed by atoms with Gasteiger partial charge < -0.3 is 4.44 Å². The average Bonchev–Trinajstić information content (AvgIpc) is 2.51. The molecule has 0 aromatic heterocycles. The van der Waals surface area contributed by atoms with Crippen molar-refractivity contribution in [3.05, 3.63) is 0 Å². The van der Waals surface area contributed by atoms with Crippen molar-refractivity contribution < 1.29 is 4.44 Å². The first-order chi connectivity index (χ1) is 11.2. The van der Waals surface area contributed by atoms with Crippen LogP contribution >= 0.6 is 8.81 Å². The normalized spacial score (nSPS) is 22.6. The zero-order valence-electron chi connectivity index (χ0n) is 17.3. The highest BCUT2D eigenvalue weighted by molar-refractivity contribution is 7.45. The quantitative estimate of drug-likeness (QED) is 0.329. The molecule has 1 atom stereocenters. The van der Waals surface area contributed by atoms with Crippen LogP contribution in [0.15, 0.2) is 0 Å². The Morgan fingerprint density at radius 3 is 1.42 bits per heavy atom. The Kier molecular flexibility index (Phi) is 8.12. The smallest absolute Gasteiger partial charge is 0.303 e. The molecule has 0 spiro atoms. The molecule has 2 saturated carbocycles. The first kappa shape index (κ1) is 21.2. The number of rotatable bonds is 7. The molecular weight excluding hydrogens is 342 g/mol. The van der Waals surface area contributed by atoms with Crippen LogP contribution < -0.4 is 0 Å². The van der Waals surface area contributed by atoms with Gasteiger partial charge in [0.2, 0.25) is 0 Å². The number of hydrogen-bond donors (Lipinski definition) is 0. The van der Waals surface area contributed by atoms with E-state index in [1.54, 1.807) is 0 Å². The van der Waals surface area contributed by atoms with E-state index in [1.165, 1.54) is 64.2 Å². The maximum Gasteiger partial charge on any atom is 0.303 e. The Labute approximate surface area is 156 Å². The van der Waals surface area contributed by atoms with Gasteiger partial charge in [0, 0.05) is 0 Å². The Bertz CT molecular complexity index is 337. The van der Waals surface area contributed by atoms with Gasteiger partial charge in [-0.05, 0) is 25.3 Å². The average molecular weight is 385 g/mol. The van der Waals surface area contributed by atoms with E-state index < -0.39 is 16.1 Å². The summed E-state index contributed by atoms with van der Waals surface area (Å²) in [5, 5.41) is 0. The maximum atomic E-state index is 6.93. The van der Waals surface area contributed by atoms with E-state index in [4.69, 9.17) is 4.44 Å². The first-order valence-corrected chi connectivity index (χ1v) is 18.7. The van der Waals surface area contributed by atoms with Crippen molar-refractivity contribution in [3.8, 4) is 0 Å². The molecule has 0 bridgehead atoms. The van der Waals surface area contributed by atoms with Gasteiger partial charge in [-0.15, -0.1) is 0 Å². The predicted molar refractivity (Wildman–Crippen MR) is 119 cm³/mol. The SMILES string of the molecule is C[Si](C)(C)C(POB(C1CCCCC1)C1CCCCC1)[Si](C)(C)C. The topological polar surface area (TPSA) is 9.23 Å². The molecule has 0 saturated heterocycles. The molecule has 0 radical (unpaired) electrons. The van der Waals surface area contributed by atoms with Gasteiger partial charge in [-0.25, -0.2) is 0 Å². The number of hydrogen-bond acceptors (Lipinski definition) is 1. The molecule has 2 aliphatic carbocycles. The van der Waals surface area contributed by atoms with Gasteiger partial charge >= 0.3 is 6.92 Å². The molecule has 2 aliphatic rings. The van der Waals surface area contributed by atoms with Gasteiger partial charge in [0.15, 0.2) is 0 Å². The lowest BCUT2D eigenvalue weighted by Crippen LogP contribution is -2.51. The molecule has 1 unspecified atom stereocenters. The van der Waals surface area contributed by atoms with Gasteiger partial charge in [-0.1, -0.05) is 103 Å².